The summed E-state index contributed by atoms with van der Waals surface area (Å²) in [6.07, 6.45) is 4.57. The highest BCUT2D eigenvalue weighted by molar-refractivity contribution is 5.94. The Balaban J connectivity index is 1.63. The van der Waals surface area contributed by atoms with Gasteiger partial charge in [-0.1, -0.05) is 35.4 Å². The molecule has 0 fully saturated rings. The molecule has 178 valence electrons. The SMILES string of the molecule is COC(=O)CCC(C)=CCOc1ccc(C)cc1CN(C)C(=O)c1ccc(-c2ccco2)cc1. The van der Waals surface area contributed by atoms with E-state index in [1.807, 2.05) is 74.5 Å². The number of carbonyl (C=O) groups excluding carboxylic acids is 2. The number of hydrogen-bond acceptors (Lipinski definition) is 5. The minimum Gasteiger partial charge on any atom is -0.489 e. The molecule has 1 aromatic heterocycles. The standard InChI is InChI=1S/C28H31NO5/c1-20(8-14-27(30)32-4)15-17-34-26-13-7-21(2)18-24(26)19-29(3)28(31)23-11-9-22(10-12-23)25-6-5-16-33-25/h5-7,9-13,15-16,18H,8,14,17,19H2,1-4H3. The lowest BCUT2D eigenvalue weighted by Gasteiger charge is -2.20. The number of rotatable bonds is 10. The highest BCUT2D eigenvalue weighted by Crippen LogP contribution is 2.24. The van der Waals surface area contributed by atoms with Crippen LogP contribution in [-0.4, -0.2) is 37.5 Å². The third kappa shape index (κ3) is 6.85. The van der Waals surface area contributed by atoms with Crippen molar-refractivity contribution in [3.8, 4) is 17.1 Å². The number of amides is 1. The number of aryl methyl sites for hydroxylation is 1. The highest BCUT2D eigenvalue weighted by atomic mass is 16.5. The average Bonchev–Trinajstić information content (AvgIpc) is 3.38. The smallest absolute Gasteiger partial charge is 0.305 e. The molecule has 1 heterocycles. The number of carbonyl (C=O) groups is 2. The van der Waals surface area contributed by atoms with Gasteiger partial charge in [-0.05, 0) is 56.7 Å². The Bertz CT molecular complexity index is 1130. The van der Waals surface area contributed by atoms with Crippen LogP contribution in [-0.2, 0) is 16.1 Å². The van der Waals surface area contributed by atoms with Crippen molar-refractivity contribution in [2.45, 2.75) is 33.2 Å². The molecular weight excluding hydrogens is 430 g/mol. The van der Waals surface area contributed by atoms with Gasteiger partial charge in [0.2, 0.25) is 0 Å². The summed E-state index contributed by atoms with van der Waals surface area (Å²) in [6.45, 7) is 4.78. The Morgan fingerprint density at radius 3 is 2.50 bits per heavy atom. The maximum atomic E-state index is 13.0. The predicted molar refractivity (Wildman–Crippen MR) is 132 cm³/mol. The van der Waals surface area contributed by atoms with E-state index in [1.165, 1.54) is 7.11 Å². The molecule has 0 atom stereocenters. The lowest BCUT2D eigenvalue weighted by atomic mass is 10.1. The van der Waals surface area contributed by atoms with Crippen LogP contribution in [0, 0.1) is 6.92 Å². The molecule has 1 amide bonds. The lowest BCUT2D eigenvalue weighted by molar-refractivity contribution is -0.140. The number of hydrogen-bond donors (Lipinski definition) is 0. The van der Waals surface area contributed by atoms with Crippen molar-refractivity contribution in [3.05, 3.63) is 89.2 Å². The number of esters is 1. The lowest BCUT2D eigenvalue weighted by Crippen LogP contribution is -2.26. The number of allylic oxidation sites excluding steroid dienone is 1. The fourth-order valence-electron chi connectivity index (χ4n) is 3.52. The Morgan fingerprint density at radius 1 is 1.06 bits per heavy atom. The second-order valence-corrected chi connectivity index (χ2v) is 8.26. The summed E-state index contributed by atoms with van der Waals surface area (Å²) < 4.78 is 16.1. The molecule has 0 N–H and O–H groups in total. The van der Waals surface area contributed by atoms with Crippen LogP contribution < -0.4 is 4.74 Å². The van der Waals surface area contributed by atoms with Crippen LogP contribution in [0.5, 0.6) is 5.75 Å². The molecule has 0 radical (unpaired) electrons. The zero-order chi connectivity index (χ0) is 24.5. The van der Waals surface area contributed by atoms with E-state index >= 15 is 0 Å². The van der Waals surface area contributed by atoms with E-state index in [2.05, 4.69) is 4.74 Å². The second-order valence-electron chi connectivity index (χ2n) is 8.26. The van der Waals surface area contributed by atoms with Crippen LogP contribution in [0.1, 0.15) is 41.3 Å². The Kier molecular flexibility index (Phi) is 8.68. The van der Waals surface area contributed by atoms with Gasteiger partial charge >= 0.3 is 5.97 Å². The van der Waals surface area contributed by atoms with Crippen molar-refractivity contribution in [1.82, 2.24) is 4.90 Å². The van der Waals surface area contributed by atoms with Gasteiger partial charge < -0.3 is 18.8 Å². The molecule has 0 spiro atoms. The first-order valence-electron chi connectivity index (χ1n) is 11.2. The van der Waals surface area contributed by atoms with E-state index in [1.54, 1.807) is 18.2 Å². The third-order valence-corrected chi connectivity index (χ3v) is 5.53. The van der Waals surface area contributed by atoms with Gasteiger partial charge in [0.15, 0.2) is 0 Å². The van der Waals surface area contributed by atoms with E-state index in [0.29, 0.717) is 31.6 Å². The first kappa shape index (κ1) is 24.8. The van der Waals surface area contributed by atoms with Crippen LogP contribution in [0.15, 0.2) is 76.9 Å². The number of furan rings is 1. The van der Waals surface area contributed by atoms with Crippen molar-refractivity contribution in [1.29, 1.82) is 0 Å². The highest BCUT2D eigenvalue weighted by Gasteiger charge is 2.15. The van der Waals surface area contributed by atoms with E-state index in [0.717, 1.165) is 33.8 Å². The number of ether oxygens (including phenoxy) is 2. The summed E-state index contributed by atoms with van der Waals surface area (Å²) >= 11 is 0. The van der Waals surface area contributed by atoms with Crippen molar-refractivity contribution in [2.24, 2.45) is 0 Å². The van der Waals surface area contributed by atoms with E-state index in [4.69, 9.17) is 9.15 Å². The van der Waals surface area contributed by atoms with Crippen LogP contribution in [0.4, 0.5) is 0 Å². The monoisotopic (exact) mass is 461 g/mol. The molecule has 3 aromatic rings. The largest absolute Gasteiger partial charge is 0.489 e. The number of nitrogens with zero attached hydrogens (tertiary/aromatic N) is 1. The first-order chi connectivity index (χ1) is 16.4. The normalized spacial score (nSPS) is 11.2. The third-order valence-electron chi connectivity index (χ3n) is 5.53. The van der Waals surface area contributed by atoms with Crippen molar-refractivity contribution >= 4 is 11.9 Å². The number of methoxy groups -OCH3 is 1. The van der Waals surface area contributed by atoms with Crippen molar-refractivity contribution in [2.75, 3.05) is 20.8 Å². The fraction of sp³-hybridized carbons (Fsp3) is 0.286. The van der Waals surface area contributed by atoms with Gasteiger partial charge in [0.1, 0.15) is 18.1 Å². The van der Waals surface area contributed by atoms with Gasteiger partial charge in [0.05, 0.1) is 13.4 Å². The molecule has 6 heteroatoms. The first-order valence-corrected chi connectivity index (χ1v) is 11.2. The Morgan fingerprint density at radius 2 is 1.82 bits per heavy atom. The maximum absolute atomic E-state index is 13.0. The molecule has 0 aliphatic carbocycles. The average molecular weight is 462 g/mol. The molecule has 2 aromatic carbocycles. The quantitative estimate of drug-likeness (QED) is 0.282. The van der Waals surface area contributed by atoms with Crippen LogP contribution in [0.25, 0.3) is 11.3 Å². The minimum absolute atomic E-state index is 0.0722. The summed E-state index contributed by atoms with van der Waals surface area (Å²) in [5.41, 5.74) is 4.62. The van der Waals surface area contributed by atoms with Gasteiger partial charge in [0, 0.05) is 36.7 Å². The van der Waals surface area contributed by atoms with E-state index in [-0.39, 0.29) is 11.9 Å². The van der Waals surface area contributed by atoms with E-state index < -0.39 is 0 Å². The molecule has 0 saturated heterocycles. The molecule has 0 aliphatic rings. The van der Waals surface area contributed by atoms with Gasteiger partial charge in [-0.25, -0.2) is 0 Å². The Labute approximate surface area is 200 Å². The summed E-state index contributed by atoms with van der Waals surface area (Å²) in [7, 11) is 3.17. The Hall–Kier alpha value is -3.80. The summed E-state index contributed by atoms with van der Waals surface area (Å²) in [4.78, 5) is 26.0. The second kappa shape index (κ2) is 11.9. The maximum Gasteiger partial charge on any atom is 0.305 e. The van der Waals surface area contributed by atoms with Crippen molar-refractivity contribution < 1.29 is 23.5 Å². The molecule has 0 bridgehead atoms. The van der Waals surface area contributed by atoms with Gasteiger partial charge in [-0.3, -0.25) is 9.59 Å². The van der Waals surface area contributed by atoms with Gasteiger partial charge in [0.25, 0.3) is 5.91 Å². The zero-order valence-electron chi connectivity index (χ0n) is 20.2. The molecule has 0 unspecified atom stereocenters. The molecule has 34 heavy (non-hydrogen) atoms. The van der Waals surface area contributed by atoms with Gasteiger partial charge in [-0.15, -0.1) is 0 Å². The molecule has 3 rings (SSSR count). The van der Waals surface area contributed by atoms with Crippen LogP contribution in [0.3, 0.4) is 0 Å². The molecule has 6 nitrogen and oxygen atoms in total. The van der Waals surface area contributed by atoms with Gasteiger partial charge in [-0.2, -0.15) is 0 Å². The van der Waals surface area contributed by atoms with E-state index in [9.17, 15) is 9.59 Å². The fourth-order valence-corrected chi connectivity index (χ4v) is 3.52. The molecule has 0 saturated carbocycles. The summed E-state index contributed by atoms with van der Waals surface area (Å²) in [5, 5.41) is 0. The van der Waals surface area contributed by atoms with Crippen LogP contribution in [0.2, 0.25) is 0 Å². The summed E-state index contributed by atoms with van der Waals surface area (Å²) in [6, 6.07) is 17.1. The zero-order valence-corrected chi connectivity index (χ0v) is 20.2. The topological polar surface area (TPSA) is 69.0 Å². The minimum atomic E-state index is -0.224. The molecular formula is C28H31NO5. The van der Waals surface area contributed by atoms with Crippen LogP contribution >= 0.6 is 0 Å². The molecule has 0 aliphatic heterocycles. The predicted octanol–water partition coefficient (Wildman–Crippen LogP) is 5.81. The van der Waals surface area contributed by atoms with Crippen molar-refractivity contribution in [3.63, 3.8) is 0 Å². The number of benzene rings is 2. The summed E-state index contributed by atoms with van der Waals surface area (Å²) in [5.74, 6) is 1.20.